The fourth-order valence-corrected chi connectivity index (χ4v) is 4.52. The molecule has 0 aliphatic rings. The van der Waals surface area contributed by atoms with Crippen molar-refractivity contribution in [1.82, 2.24) is 16.0 Å². The maximum absolute atomic E-state index is 12.1. The Bertz CT molecular complexity index is 844. The number of carbonyl (C=O) groups is 3. The third kappa shape index (κ3) is 17.4. The molecule has 7 N–H and O–H groups in total. The number of thiol groups is 2. The molecule has 0 spiro atoms. The van der Waals surface area contributed by atoms with Gasteiger partial charge in [0.2, 0.25) is 17.7 Å². The summed E-state index contributed by atoms with van der Waals surface area (Å²) in [5, 5.41) is 8.64. The van der Waals surface area contributed by atoms with Crippen molar-refractivity contribution >= 4 is 43.0 Å². The molecule has 0 bridgehead atoms. The minimum atomic E-state index is -0.546. The van der Waals surface area contributed by atoms with E-state index in [4.69, 9.17) is 16.2 Å². The summed E-state index contributed by atoms with van der Waals surface area (Å²) >= 11 is 8.65. The molecule has 9 nitrogen and oxygen atoms in total. The van der Waals surface area contributed by atoms with Crippen LogP contribution in [0.3, 0.4) is 0 Å². The Morgan fingerprint density at radius 3 is 2.05 bits per heavy atom. The Morgan fingerprint density at radius 1 is 0.769 bits per heavy atom. The SMILES string of the molecule is NCCCCCC(=O)NCCCC[C@H](N)C(=O)NCCCCCC(=O)NCCOc1ccc(CS)c(CS)c1. The van der Waals surface area contributed by atoms with Crippen LogP contribution in [0.4, 0.5) is 0 Å². The Hall–Kier alpha value is -1.95. The number of unbranched alkanes of at least 4 members (excludes halogenated alkanes) is 5. The van der Waals surface area contributed by atoms with Crippen molar-refractivity contribution in [2.75, 3.05) is 32.8 Å². The van der Waals surface area contributed by atoms with Gasteiger partial charge in [0.1, 0.15) is 12.4 Å². The van der Waals surface area contributed by atoms with Crippen LogP contribution in [-0.2, 0) is 25.9 Å². The van der Waals surface area contributed by atoms with Crippen molar-refractivity contribution in [2.45, 2.75) is 88.2 Å². The molecule has 0 saturated heterocycles. The van der Waals surface area contributed by atoms with Gasteiger partial charge in [0.15, 0.2) is 0 Å². The normalized spacial score (nSPS) is 11.6. The largest absolute Gasteiger partial charge is 0.492 e. The van der Waals surface area contributed by atoms with Gasteiger partial charge in [-0.1, -0.05) is 18.9 Å². The predicted molar refractivity (Wildman–Crippen MR) is 164 cm³/mol. The predicted octanol–water partition coefficient (Wildman–Crippen LogP) is 2.85. The smallest absolute Gasteiger partial charge is 0.236 e. The molecule has 39 heavy (non-hydrogen) atoms. The number of hydrogen-bond acceptors (Lipinski definition) is 8. The molecule has 1 aromatic rings. The highest BCUT2D eigenvalue weighted by atomic mass is 32.1. The molecule has 1 atom stereocenters. The third-order valence-electron chi connectivity index (χ3n) is 6.30. The van der Waals surface area contributed by atoms with Crippen LogP contribution in [0.25, 0.3) is 0 Å². The number of ether oxygens (including phenoxy) is 1. The van der Waals surface area contributed by atoms with E-state index in [-0.39, 0.29) is 17.7 Å². The number of rotatable bonds is 23. The maximum Gasteiger partial charge on any atom is 0.236 e. The van der Waals surface area contributed by atoms with Gasteiger partial charge in [-0.3, -0.25) is 14.4 Å². The number of nitrogens with two attached hydrogens (primary N) is 2. The fourth-order valence-electron chi connectivity index (χ4n) is 3.91. The Morgan fingerprint density at radius 2 is 1.38 bits per heavy atom. The fraction of sp³-hybridized carbons (Fsp3) is 0.679. The first-order valence-corrected chi connectivity index (χ1v) is 15.4. The average molecular weight is 584 g/mol. The van der Waals surface area contributed by atoms with E-state index >= 15 is 0 Å². The third-order valence-corrected chi connectivity index (χ3v) is 6.98. The molecular weight excluding hydrogens is 534 g/mol. The Kier molecular flexibility index (Phi) is 20.5. The zero-order chi connectivity index (χ0) is 28.7. The monoisotopic (exact) mass is 583 g/mol. The molecule has 11 heteroatoms. The highest BCUT2D eigenvalue weighted by Gasteiger charge is 2.12. The summed E-state index contributed by atoms with van der Waals surface area (Å²) < 4.78 is 5.72. The highest BCUT2D eigenvalue weighted by Crippen LogP contribution is 2.20. The lowest BCUT2D eigenvalue weighted by atomic mass is 10.1. The summed E-state index contributed by atoms with van der Waals surface area (Å²) in [6.07, 6.45) is 8.32. The van der Waals surface area contributed by atoms with Crippen LogP contribution in [0.1, 0.15) is 81.8 Å². The van der Waals surface area contributed by atoms with Gasteiger partial charge in [-0.05, 0) is 74.8 Å². The first-order valence-electron chi connectivity index (χ1n) is 14.1. The number of amides is 3. The topological polar surface area (TPSA) is 149 Å². The van der Waals surface area contributed by atoms with Gasteiger partial charge in [-0.2, -0.15) is 25.3 Å². The molecular formula is C28H49N5O4S2. The van der Waals surface area contributed by atoms with Gasteiger partial charge in [0.05, 0.1) is 12.6 Å². The van der Waals surface area contributed by atoms with Gasteiger partial charge in [0, 0.05) is 37.4 Å². The van der Waals surface area contributed by atoms with Crippen LogP contribution in [0.2, 0.25) is 0 Å². The minimum absolute atomic E-state index is 0.00564. The van der Waals surface area contributed by atoms with Gasteiger partial charge < -0.3 is 32.2 Å². The lowest BCUT2D eigenvalue weighted by Crippen LogP contribution is -2.41. The molecule has 0 saturated carbocycles. The summed E-state index contributed by atoms with van der Waals surface area (Å²) in [6.45, 7) is 2.65. The quantitative estimate of drug-likeness (QED) is 0.0778. The van der Waals surface area contributed by atoms with Crippen molar-refractivity contribution in [1.29, 1.82) is 0 Å². The molecule has 0 aliphatic heterocycles. The Balaban J connectivity index is 1.99. The molecule has 222 valence electrons. The van der Waals surface area contributed by atoms with E-state index in [0.29, 0.717) is 63.6 Å². The van der Waals surface area contributed by atoms with Crippen LogP contribution in [0.5, 0.6) is 5.75 Å². The van der Waals surface area contributed by atoms with Crippen molar-refractivity contribution in [3.63, 3.8) is 0 Å². The lowest BCUT2D eigenvalue weighted by molar-refractivity contribution is -0.123. The number of benzene rings is 1. The molecule has 1 rings (SSSR count). The van der Waals surface area contributed by atoms with E-state index in [0.717, 1.165) is 68.2 Å². The van der Waals surface area contributed by atoms with Crippen molar-refractivity contribution < 1.29 is 19.1 Å². The van der Waals surface area contributed by atoms with Gasteiger partial charge >= 0.3 is 0 Å². The van der Waals surface area contributed by atoms with E-state index < -0.39 is 6.04 Å². The summed E-state index contributed by atoms with van der Waals surface area (Å²) in [4.78, 5) is 35.9. The first-order chi connectivity index (χ1) is 18.9. The number of carbonyl (C=O) groups excluding carboxylic acids is 3. The summed E-state index contributed by atoms with van der Waals surface area (Å²) in [5.41, 5.74) is 13.6. The minimum Gasteiger partial charge on any atom is -0.492 e. The molecule has 3 amide bonds. The van der Waals surface area contributed by atoms with Crippen LogP contribution in [0.15, 0.2) is 18.2 Å². The zero-order valence-electron chi connectivity index (χ0n) is 23.2. The van der Waals surface area contributed by atoms with Crippen LogP contribution < -0.4 is 32.2 Å². The second-order valence-electron chi connectivity index (χ2n) is 9.60. The molecule has 0 heterocycles. The van der Waals surface area contributed by atoms with Crippen molar-refractivity contribution in [3.05, 3.63) is 29.3 Å². The van der Waals surface area contributed by atoms with Gasteiger partial charge in [-0.15, -0.1) is 0 Å². The first kappa shape index (κ1) is 35.1. The average Bonchev–Trinajstić information content (AvgIpc) is 2.94. The number of hydrogen-bond donors (Lipinski definition) is 7. The van der Waals surface area contributed by atoms with Crippen LogP contribution in [0, 0.1) is 0 Å². The molecule has 0 unspecified atom stereocenters. The summed E-state index contributed by atoms with van der Waals surface area (Å²) in [7, 11) is 0. The molecule has 0 radical (unpaired) electrons. The van der Waals surface area contributed by atoms with E-state index in [1.807, 2.05) is 18.2 Å². The second-order valence-corrected chi connectivity index (χ2v) is 10.2. The Labute approximate surface area is 245 Å². The molecule has 0 aliphatic carbocycles. The van der Waals surface area contributed by atoms with Crippen LogP contribution in [-0.4, -0.2) is 56.5 Å². The summed E-state index contributed by atoms with van der Waals surface area (Å²) in [6, 6.07) is 5.31. The second kappa shape index (κ2) is 22.8. The van der Waals surface area contributed by atoms with E-state index in [1.165, 1.54) is 0 Å². The standard InChI is InChI=1S/C28H49N5O4S2/c29-14-6-1-3-10-26(34)31-15-8-5-9-25(30)28(36)33-16-7-2-4-11-27(35)32-17-18-37-24-13-12-22(20-38)23(19-24)21-39/h12-13,19,25,38-39H,1-11,14-18,20-21,29-30H2,(H,31,34)(H,32,35)(H,33,36)/t25-/m0/s1. The molecule has 0 aromatic heterocycles. The maximum atomic E-state index is 12.1. The summed E-state index contributed by atoms with van der Waals surface area (Å²) in [5.74, 6) is 1.95. The molecule has 1 aromatic carbocycles. The van der Waals surface area contributed by atoms with Gasteiger partial charge in [-0.25, -0.2) is 0 Å². The van der Waals surface area contributed by atoms with E-state index in [1.54, 1.807) is 0 Å². The zero-order valence-corrected chi connectivity index (χ0v) is 25.0. The van der Waals surface area contributed by atoms with Crippen LogP contribution >= 0.6 is 25.3 Å². The van der Waals surface area contributed by atoms with Crippen molar-refractivity contribution in [3.8, 4) is 5.75 Å². The van der Waals surface area contributed by atoms with E-state index in [9.17, 15) is 14.4 Å². The lowest BCUT2D eigenvalue weighted by Gasteiger charge is -2.12. The number of nitrogens with one attached hydrogen (secondary N) is 3. The van der Waals surface area contributed by atoms with Gasteiger partial charge in [0.25, 0.3) is 0 Å². The van der Waals surface area contributed by atoms with Crippen molar-refractivity contribution in [2.24, 2.45) is 11.5 Å². The highest BCUT2D eigenvalue weighted by molar-refractivity contribution is 7.79. The molecule has 0 fully saturated rings. The van der Waals surface area contributed by atoms with E-state index in [2.05, 4.69) is 41.2 Å².